The van der Waals surface area contributed by atoms with Crippen molar-refractivity contribution in [3.8, 4) is 29.5 Å². The van der Waals surface area contributed by atoms with Gasteiger partial charge in [-0.2, -0.15) is 9.97 Å². The van der Waals surface area contributed by atoms with Gasteiger partial charge < -0.3 is 20.7 Å². The first-order valence-electron chi connectivity index (χ1n) is 16.3. The number of aryl methyl sites for hydroxylation is 1. The van der Waals surface area contributed by atoms with Crippen molar-refractivity contribution in [3.05, 3.63) is 53.1 Å². The number of nitrogens with one attached hydrogen (secondary N) is 1. The number of benzene rings is 3. The number of ether oxygens (including phenoxy) is 1. The lowest BCUT2D eigenvalue weighted by Crippen LogP contribution is -2.51. The number of piperazine rings is 1. The number of nitrogens with two attached hydrogens (primary N) is 1. The van der Waals surface area contributed by atoms with Crippen LogP contribution in [0.2, 0.25) is 0 Å². The maximum absolute atomic E-state index is 17.0. The highest BCUT2D eigenvalue weighted by atomic mass is 19.1. The predicted octanol–water partition coefficient (Wildman–Crippen LogP) is 6.05. The van der Waals surface area contributed by atoms with Gasteiger partial charge in [0.2, 0.25) is 0 Å². The minimum atomic E-state index is -0.530. The maximum Gasteiger partial charge on any atom is 0.319 e. The summed E-state index contributed by atoms with van der Waals surface area (Å²) in [5, 5.41) is 5.34. The average Bonchev–Trinajstić information content (AvgIpc) is 3.60. The SMILES string of the molecule is C#Cc1c(F)ccc2cc(N)cc(-c3cc4c5c(nc(OCC67CCCN6CCC7)nc5c3F)N3CCNCC3CC4)c12.CC. The van der Waals surface area contributed by atoms with Crippen LogP contribution >= 0.6 is 0 Å². The molecule has 5 heterocycles. The molecule has 1 aromatic heterocycles. The van der Waals surface area contributed by atoms with E-state index in [4.69, 9.17) is 26.9 Å². The largest absolute Gasteiger partial charge is 0.461 e. The molecule has 45 heavy (non-hydrogen) atoms. The monoisotopic (exact) mass is 610 g/mol. The fourth-order valence-corrected chi connectivity index (χ4v) is 8.08. The third kappa shape index (κ3) is 4.86. The van der Waals surface area contributed by atoms with Crippen LogP contribution in [0.1, 0.15) is 57.1 Å². The van der Waals surface area contributed by atoms with Crippen molar-refractivity contribution in [1.82, 2.24) is 20.2 Å². The van der Waals surface area contributed by atoms with Crippen LogP contribution in [0.5, 0.6) is 6.01 Å². The molecule has 1 atom stereocenters. The van der Waals surface area contributed by atoms with E-state index in [2.05, 4.69) is 21.0 Å². The summed E-state index contributed by atoms with van der Waals surface area (Å²) in [5.74, 6) is 2.17. The Balaban J connectivity index is 0.00000160. The van der Waals surface area contributed by atoms with Crippen LogP contribution in [-0.2, 0) is 6.42 Å². The Morgan fingerprint density at radius 1 is 1.07 bits per heavy atom. The molecule has 4 aromatic rings. The fourth-order valence-electron chi connectivity index (χ4n) is 8.08. The van der Waals surface area contributed by atoms with E-state index in [1.54, 1.807) is 18.2 Å². The minimum absolute atomic E-state index is 0.00570. The number of terminal acetylenes is 1. The Hall–Kier alpha value is -4.00. The van der Waals surface area contributed by atoms with Crippen molar-refractivity contribution in [1.29, 1.82) is 0 Å². The van der Waals surface area contributed by atoms with E-state index in [-0.39, 0.29) is 28.7 Å². The summed E-state index contributed by atoms with van der Waals surface area (Å²) in [5.41, 5.74) is 8.75. The summed E-state index contributed by atoms with van der Waals surface area (Å²) in [6, 6.07) is 8.65. The van der Waals surface area contributed by atoms with Crippen LogP contribution in [0.4, 0.5) is 20.3 Å². The second kappa shape index (κ2) is 11.7. The first-order valence-corrected chi connectivity index (χ1v) is 16.3. The number of nitrogen functional groups attached to an aromatic ring is 1. The first-order chi connectivity index (χ1) is 22.0. The number of hydrogen-bond acceptors (Lipinski definition) is 7. The molecule has 3 saturated heterocycles. The quantitative estimate of drug-likeness (QED) is 0.215. The molecule has 9 heteroatoms. The summed E-state index contributed by atoms with van der Waals surface area (Å²) >= 11 is 0. The Kier molecular flexibility index (Phi) is 7.74. The Morgan fingerprint density at radius 3 is 2.64 bits per heavy atom. The van der Waals surface area contributed by atoms with Gasteiger partial charge in [0.25, 0.3) is 0 Å². The maximum atomic E-state index is 17.0. The van der Waals surface area contributed by atoms with Crippen LogP contribution in [0, 0.1) is 24.0 Å². The molecule has 3 N–H and O–H groups in total. The third-order valence-corrected chi connectivity index (χ3v) is 10.1. The van der Waals surface area contributed by atoms with E-state index in [1.165, 1.54) is 6.07 Å². The van der Waals surface area contributed by atoms with E-state index in [0.717, 1.165) is 88.0 Å². The summed E-state index contributed by atoms with van der Waals surface area (Å²) < 4.78 is 38.3. The number of halogens is 2. The van der Waals surface area contributed by atoms with Gasteiger partial charge in [-0.05, 0) is 92.4 Å². The van der Waals surface area contributed by atoms with E-state index in [1.807, 2.05) is 19.9 Å². The number of hydrogen-bond donors (Lipinski definition) is 2. The fraction of sp³-hybridized carbons (Fsp3) is 0.444. The van der Waals surface area contributed by atoms with Crippen LogP contribution in [0.15, 0.2) is 30.3 Å². The normalized spacial score (nSPS) is 20.2. The molecule has 0 saturated carbocycles. The van der Waals surface area contributed by atoms with E-state index < -0.39 is 11.6 Å². The molecule has 0 amide bonds. The molecule has 3 aromatic carbocycles. The molecule has 0 radical (unpaired) electrons. The number of fused-ring (bicyclic) bond motifs is 4. The topological polar surface area (TPSA) is 79.5 Å². The van der Waals surface area contributed by atoms with Gasteiger partial charge in [0.15, 0.2) is 5.82 Å². The standard InChI is InChI=1S/C34H34F2N6O.C2H6/c1-2-24-27(35)8-6-20-15-22(37)17-25(28(20)24)26-16-21-5-7-23-18-38-11-14-42(23)32-29(21)31(30(26)36)39-33(40-32)43-19-34-9-3-12-41(34)13-4-10-34;1-2/h1,6,8,15-17,23,38H,3-5,7,9-14,18-19,37H2;1-2H3. The van der Waals surface area contributed by atoms with Gasteiger partial charge in [-0.3, -0.25) is 4.90 Å². The number of nitrogens with zero attached hydrogens (tertiary/aromatic N) is 4. The molecule has 0 spiro atoms. The van der Waals surface area contributed by atoms with Gasteiger partial charge >= 0.3 is 6.01 Å². The molecule has 4 aliphatic heterocycles. The number of anilines is 2. The molecule has 7 nitrogen and oxygen atoms in total. The first kappa shape index (κ1) is 29.7. The van der Waals surface area contributed by atoms with Gasteiger partial charge in [-0.1, -0.05) is 25.8 Å². The van der Waals surface area contributed by atoms with Crippen LogP contribution < -0.4 is 20.7 Å². The molecule has 0 aliphatic carbocycles. The highest BCUT2D eigenvalue weighted by Crippen LogP contribution is 2.44. The second-order valence-corrected chi connectivity index (χ2v) is 12.5. The van der Waals surface area contributed by atoms with Gasteiger partial charge in [0.1, 0.15) is 23.8 Å². The Labute approximate surface area is 263 Å². The van der Waals surface area contributed by atoms with E-state index >= 15 is 4.39 Å². The average molecular weight is 611 g/mol. The molecule has 3 fully saturated rings. The van der Waals surface area contributed by atoms with Crippen molar-refractivity contribution in [2.75, 3.05) is 50.0 Å². The number of aromatic nitrogens is 2. The number of rotatable bonds is 4. The Morgan fingerprint density at radius 2 is 1.87 bits per heavy atom. The van der Waals surface area contributed by atoms with Gasteiger partial charge in [-0.25, -0.2) is 8.78 Å². The van der Waals surface area contributed by atoms with Crippen molar-refractivity contribution >= 4 is 33.2 Å². The zero-order valence-electron chi connectivity index (χ0n) is 26.1. The lowest BCUT2D eigenvalue weighted by molar-refractivity contribution is 0.108. The summed E-state index contributed by atoms with van der Waals surface area (Å²) in [7, 11) is 0. The molecule has 1 unspecified atom stereocenters. The lowest BCUT2D eigenvalue weighted by atomic mass is 9.90. The van der Waals surface area contributed by atoms with Gasteiger partial charge in [-0.15, -0.1) is 6.42 Å². The van der Waals surface area contributed by atoms with Crippen LogP contribution in [-0.4, -0.2) is 65.8 Å². The highest BCUT2D eigenvalue weighted by molar-refractivity contribution is 6.05. The zero-order valence-corrected chi connectivity index (χ0v) is 26.1. The van der Waals surface area contributed by atoms with Crippen molar-refractivity contribution in [3.63, 3.8) is 0 Å². The van der Waals surface area contributed by atoms with Crippen molar-refractivity contribution in [2.45, 2.75) is 64.0 Å². The summed E-state index contributed by atoms with van der Waals surface area (Å²) in [4.78, 5) is 14.6. The zero-order chi connectivity index (χ0) is 31.3. The molecule has 0 bridgehead atoms. The third-order valence-electron chi connectivity index (χ3n) is 10.1. The summed E-state index contributed by atoms with van der Waals surface area (Å²) in [6.45, 7) is 9.08. The van der Waals surface area contributed by atoms with Crippen LogP contribution in [0.25, 0.3) is 32.8 Å². The minimum Gasteiger partial charge on any atom is -0.461 e. The van der Waals surface area contributed by atoms with Crippen molar-refractivity contribution < 1.29 is 13.5 Å². The van der Waals surface area contributed by atoms with E-state index in [9.17, 15) is 4.39 Å². The summed E-state index contributed by atoms with van der Waals surface area (Å²) in [6.07, 6.45) is 11.9. The molecule has 4 aliphatic rings. The van der Waals surface area contributed by atoms with Gasteiger partial charge in [0, 0.05) is 47.7 Å². The molecular weight excluding hydrogens is 570 g/mol. The Bertz CT molecular complexity index is 1830. The van der Waals surface area contributed by atoms with Crippen molar-refractivity contribution in [2.24, 2.45) is 0 Å². The van der Waals surface area contributed by atoms with Crippen LogP contribution in [0.3, 0.4) is 0 Å². The molecular formula is C36H40F2N6O. The molecule has 8 rings (SSSR count). The smallest absolute Gasteiger partial charge is 0.319 e. The predicted molar refractivity (Wildman–Crippen MR) is 177 cm³/mol. The molecule has 234 valence electrons. The second-order valence-electron chi connectivity index (χ2n) is 12.5. The highest BCUT2D eigenvalue weighted by Gasteiger charge is 2.45. The lowest BCUT2D eigenvalue weighted by Gasteiger charge is -2.36. The van der Waals surface area contributed by atoms with E-state index in [0.29, 0.717) is 34.2 Å². The van der Waals surface area contributed by atoms with Gasteiger partial charge in [0.05, 0.1) is 11.1 Å².